The Hall–Kier alpha value is -2.72. The van der Waals surface area contributed by atoms with E-state index in [1.54, 1.807) is 14.2 Å². The molecule has 4 nitrogen and oxygen atoms in total. The summed E-state index contributed by atoms with van der Waals surface area (Å²) >= 11 is 0. The lowest BCUT2D eigenvalue weighted by Gasteiger charge is -2.31. The second-order valence-corrected chi connectivity index (χ2v) is 7.68. The first kappa shape index (κ1) is 18.6. The number of phenolic OH excluding ortho intramolecular Hbond substituents is 1. The number of hydrogen-bond acceptors (Lipinski definition) is 4. The molecule has 0 aromatic heterocycles. The van der Waals surface area contributed by atoms with E-state index in [0.29, 0.717) is 11.8 Å². The molecule has 1 aliphatic rings. The summed E-state index contributed by atoms with van der Waals surface area (Å²) < 4.78 is 11.2. The maximum absolute atomic E-state index is 11.3. The zero-order valence-corrected chi connectivity index (χ0v) is 17.1. The molecule has 1 aliphatic heterocycles. The normalized spacial score (nSPS) is 18.8. The summed E-state index contributed by atoms with van der Waals surface area (Å²) in [6.07, 6.45) is 0.920. The van der Waals surface area contributed by atoms with Gasteiger partial charge >= 0.3 is 0 Å². The maximum Gasteiger partial charge on any atom is 0.130 e. The van der Waals surface area contributed by atoms with Gasteiger partial charge in [-0.2, -0.15) is 0 Å². The third-order valence-electron chi connectivity index (χ3n) is 5.79. The Morgan fingerprint density at radius 3 is 2.50 bits per heavy atom. The number of hydrogen-bond donors (Lipinski definition) is 2. The fourth-order valence-electron chi connectivity index (χ4n) is 4.65. The van der Waals surface area contributed by atoms with Crippen LogP contribution in [0.2, 0.25) is 0 Å². The summed E-state index contributed by atoms with van der Waals surface area (Å²) in [7, 11) is 3.34. The number of benzene rings is 3. The molecular formula is C24H27NO3. The van der Waals surface area contributed by atoms with Gasteiger partial charge in [0, 0.05) is 23.2 Å². The largest absolute Gasteiger partial charge is 0.507 e. The van der Waals surface area contributed by atoms with Crippen molar-refractivity contribution in [3.8, 4) is 28.4 Å². The molecule has 2 atom stereocenters. The molecule has 28 heavy (non-hydrogen) atoms. The lowest BCUT2D eigenvalue weighted by Crippen LogP contribution is -2.36. The predicted molar refractivity (Wildman–Crippen MR) is 114 cm³/mol. The molecule has 0 radical (unpaired) electrons. The van der Waals surface area contributed by atoms with Crippen molar-refractivity contribution in [1.82, 2.24) is 5.32 Å². The van der Waals surface area contributed by atoms with Crippen molar-refractivity contribution in [2.24, 2.45) is 0 Å². The van der Waals surface area contributed by atoms with Crippen LogP contribution in [0, 0.1) is 6.92 Å². The molecule has 0 saturated carbocycles. The SMILES string of the molecule is COc1cccc2c(-c3ccc4c(c3O)[C@@H](C)N[C@@H](C)C4)c(C)cc(OC)c12. The van der Waals surface area contributed by atoms with Gasteiger partial charge < -0.3 is 19.9 Å². The van der Waals surface area contributed by atoms with E-state index >= 15 is 0 Å². The number of fused-ring (bicyclic) bond motifs is 2. The van der Waals surface area contributed by atoms with Crippen molar-refractivity contribution >= 4 is 10.8 Å². The third-order valence-corrected chi connectivity index (χ3v) is 5.79. The van der Waals surface area contributed by atoms with Crippen LogP contribution in [0.15, 0.2) is 36.4 Å². The van der Waals surface area contributed by atoms with E-state index in [-0.39, 0.29) is 6.04 Å². The van der Waals surface area contributed by atoms with E-state index in [9.17, 15) is 5.11 Å². The van der Waals surface area contributed by atoms with Crippen LogP contribution in [0.1, 0.15) is 36.6 Å². The summed E-state index contributed by atoms with van der Waals surface area (Å²) in [6.45, 7) is 6.34. The van der Waals surface area contributed by atoms with Crippen molar-refractivity contribution in [2.45, 2.75) is 39.3 Å². The topological polar surface area (TPSA) is 50.7 Å². The highest BCUT2D eigenvalue weighted by molar-refractivity contribution is 6.05. The van der Waals surface area contributed by atoms with Gasteiger partial charge in [0.25, 0.3) is 0 Å². The Bertz CT molecular complexity index is 1060. The predicted octanol–water partition coefficient (Wildman–Crippen LogP) is 5.13. The monoisotopic (exact) mass is 377 g/mol. The fourth-order valence-corrected chi connectivity index (χ4v) is 4.65. The van der Waals surface area contributed by atoms with Crippen molar-refractivity contribution in [1.29, 1.82) is 0 Å². The molecule has 1 heterocycles. The van der Waals surface area contributed by atoms with Gasteiger partial charge in [-0.05, 0) is 61.4 Å². The summed E-state index contributed by atoms with van der Waals surface area (Å²) in [5.41, 5.74) is 5.13. The summed E-state index contributed by atoms with van der Waals surface area (Å²) in [5, 5.41) is 16.8. The van der Waals surface area contributed by atoms with E-state index < -0.39 is 0 Å². The van der Waals surface area contributed by atoms with Gasteiger partial charge in [-0.25, -0.2) is 0 Å². The second kappa shape index (κ2) is 7.02. The van der Waals surface area contributed by atoms with Crippen LogP contribution in [0.4, 0.5) is 0 Å². The van der Waals surface area contributed by atoms with Crippen LogP contribution in [0.5, 0.6) is 17.2 Å². The maximum atomic E-state index is 11.3. The highest BCUT2D eigenvalue weighted by atomic mass is 16.5. The summed E-state index contributed by atoms with van der Waals surface area (Å²) in [6, 6.07) is 12.7. The minimum atomic E-state index is 0.109. The number of aryl methyl sites for hydroxylation is 1. The van der Waals surface area contributed by atoms with Gasteiger partial charge in [0.15, 0.2) is 0 Å². The average molecular weight is 377 g/mol. The fraction of sp³-hybridized carbons (Fsp3) is 0.333. The Balaban J connectivity index is 2.04. The van der Waals surface area contributed by atoms with E-state index in [1.165, 1.54) is 5.56 Å². The van der Waals surface area contributed by atoms with Gasteiger partial charge in [0.05, 0.1) is 19.6 Å². The molecule has 3 aromatic rings. The highest BCUT2D eigenvalue weighted by Gasteiger charge is 2.27. The molecule has 4 heteroatoms. The van der Waals surface area contributed by atoms with Crippen LogP contribution in [0.3, 0.4) is 0 Å². The first-order valence-corrected chi connectivity index (χ1v) is 9.71. The Labute approximate surface area is 166 Å². The number of nitrogens with one attached hydrogen (secondary N) is 1. The van der Waals surface area contributed by atoms with Gasteiger partial charge in [0.1, 0.15) is 17.2 Å². The first-order chi connectivity index (χ1) is 13.5. The second-order valence-electron chi connectivity index (χ2n) is 7.68. The van der Waals surface area contributed by atoms with Crippen molar-refractivity contribution < 1.29 is 14.6 Å². The van der Waals surface area contributed by atoms with Gasteiger partial charge in [-0.1, -0.05) is 24.3 Å². The molecule has 0 fully saturated rings. The molecular weight excluding hydrogens is 350 g/mol. The molecule has 0 unspecified atom stereocenters. The van der Waals surface area contributed by atoms with Gasteiger partial charge in [0.2, 0.25) is 0 Å². The number of rotatable bonds is 3. The Morgan fingerprint density at radius 1 is 1.04 bits per heavy atom. The molecule has 2 N–H and O–H groups in total. The number of phenols is 1. The van der Waals surface area contributed by atoms with Crippen LogP contribution >= 0.6 is 0 Å². The number of methoxy groups -OCH3 is 2. The molecule has 146 valence electrons. The molecule has 0 amide bonds. The zero-order chi connectivity index (χ0) is 20.0. The molecule has 4 rings (SSSR count). The van der Waals surface area contributed by atoms with Gasteiger partial charge in [-0.15, -0.1) is 0 Å². The number of aromatic hydroxyl groups is 1. The smallest absolute Gasteiger partial charge is 0.130 e. The van der Waals surface area contributed by atoms with Crippen molar-refractivity contribution in [3.63, 3.8) is 0 Å². The molecule has 0 bridgehead atoms. The third kappa shape index (κ3) is 2.80. The van der Waals surface area contributed by atoms with Crippen LogP contribution in [-0.2, 0) is 6.42 Å². The summed E-state index contributed by atoms with van der Waals surface area (Å²) in [5.74, 6) is 1.90. The standard InChI is InChI=1S/C24H27NO3/c1-13-11-20(28-5)23-17(7-6-8-19(23)27-4)21(13)18-10-9-16-12-14(2)25-15(3)22(16)24(18)26/h6-11,14-15,25-26H,12H2,1-5H3/t14-,15+/m0/s1. The van der Waals surface area contributed by atoms with Crippen LogP contribution in [-0.4, -0.2) is 25.4 Å². The lowest BCUT2D eigenvalue weighted by molar-refractivity contribution is 0.404. The quantitative estimate of drug-likeness (QED) is 0.664. The molecule has 0 saturated heterocycles. The minimum absolute atomic E-state index is 0.109. The Morgan fingerprint density at radius 2 is 1.79 bits per heavy atom. The molecule has 3 aromatic carbocycles. The zero-order valence-electron chi connectivity index (χ0n) is 17.1. The molecule has 0 spiro atoms. The minimum Gasteiger partial charge on any atom is -0.507 e. The Kier molecular flexibility index (Phi) is 4.68. The first-order valence-electron chi connectivity index (χ1n) is 9.71. The van der Waals surface area contributed by atoms with E-state index in [4.69, 9.17) is 9.47 Å². The van der Waals surface area contributed by atoms with Crippen molar-refractivity contribution in [2.75, 3.05) is 14.2 Å². The number of ether oxygens (including phenoxy) is 2. The van der Waals surface area contributed by atoms with Crippen molar-refractivity contribution in [3.05, 3.63) is 53.1 Å². The van der Waals surface area contributed by atoms with E-state index in [0.717, 1.165) is 50.9 Å². The van der Waals surface area contributed by atoms with Crippen LogP contribution < -0.4 is 14.8 Å². The average Bonchev–Trinajstić information content (AvgIpc) is 2.67. The lowest BCUT2D eigenvalue weighted by atomic mass is 9.85. The van der Waals surface area contributed by atoms with Crippen LogP contribution in [0.25, 0.3) is 21.9 Å². The highest BCUT2D eigenvalue weighted by Crippen LogP contribution is 2.46. The van der Waals surface area contributed by atoms with E-state index in [1.807, 2.05) is 24.3 Å². The van der Waals surface area contributed by atoms with Gasteiger partial charge in [-0.3, -0.25) is 0 Å². The summed E-state index contributed by atoms with van der Waals surface area (Å²) in [4.78, 5) is 0. The molecule has 0 aliphatic carbocycles. The van der Waals surface area contributed by atoms with E-state index in [2.05, 4.69) is 38.2 Å².